The Morgan fingerprint density at radius 2 is 2.08 bits per heavy atom. The zero-order valence-electron chi connectivity index (χ0n) is 14.9. The van der Waals surface area contributed by atoms with Crippen LogP contribution in [-0.2, 0) is 12.8 Å². The molecule has 0 amide bonds. The van der Waals surface area contributed by atoms with Crippen molar-refractivity contribution in [1.29, 1.82) is 0 Å². The Bertz CT molecular complexity index is 751. The molecule has 134 valence electrons. The lowest BCUT2D eigenvalue weighted by Gasteiger charge is -2.29. The predicted octanol–water partition coefficient (Wildman–Crippen LogP) is 2.07. The quantitative estimate of drug-likeness (QED) is 0.841. The van der Waals surface area contributed by atoms with E-state index in [0.29, 0.717) is 12.0 Å². The van der Waals surface area contributed by atoms with E-state index < -0.39 is 0 Å². The number of benzene rings is 1. The normalized spacial score (nSPS) is 15.9. The van der Waals surface area contributed by atoms with Crippen LogP contribution in [0.1, 0.15) is 24.1 Å². The van der Waals surface area contributed by atoms with Gasteiger partial charge in [0, 0.05) is 12.1 Å². The van der Waals surface area contributed by atoms with Crippen molar-refractivity contribution >= 4 is 5.95 Å². The second-order valence-corrected chi connectivity index (χ2v) is 6.66. The molecule has 6 heteroatoms. The second kappa shape index (κ2) is 8.16. The number of H-pyrrole nitrogens is 1. The molecule has 1 aromatic heterocycles. The van der Waals surface area contributed by atoms with E-state index in [1.807, 2.05) is 18.2 Å². The van der Waals surface area contributed by atoms with E-state index in [-0.39, 0.29) is 5.56 Å². The van der Waals surface area contributed by atoms with Crippen molar-refractivity contribution < 1.29 is 4.74 Å². The largest absolute Gasteiger partial charge is 0.497 e. The van der Waals surface area contributed by atoms with Crippen molar-refractivity contribution in [3.8, 4) is 5.75 Å². The van der Waals surface area contributed by atoms with E-state index in [1.54, 1.807) is 13.2 Å². The summed E-state index contributed by atoms with van der Waals surface area (Å²) in [4.78, 5) is 21.7. The first-order chi connectivity index (χ1) is 12.1. The zero-order chi connectivity index (χ0) is 17.6. The maximum absolute atomic E-state index is 12.0. The third-order valence-corrected chi connectivity index (χ3v) is 4.66. The van der Waals surface area contributed by atoms with E-state index in [4.69, 9.17) is 4.74 Å². The fraction of sp³-hybridized carbons (Fsp3) is 0.474. The fourth-order valence-corrected chi connectivity index (χ4v) is 3.15. The average Bonchev–Trinajstić information content (AvgIpc) is 2.62. The molecule has 3 rings (SSSR count). The molecular formula is C19H26N4O2. The Labute approximate surface area is 148 Å². The highest BCUT2D eigenvalue weighted by atomic mass is 16.5. The molecule has 0 saturated carbocycles. The molecule has 0 radical (unpaired) electrons. The molecule has 0 unspecified atom stereocenters. The van der Waals surface area contributed by atoms with Crippen LogP contribution in [0.25, 0.3) is 0 Å². The maximum atomic E-state index is 12.0. The molecule has 1 aliphatic heterocycles. The number of hydrogen-bond acceptors (Lipinski definition) is 5. The Hall–Kier alpha value is -2.34. The van der Waals surface area contributed by atoms with Gasteiger partial charge in [-0.25, -0.2) is 4.98 Å². The van der Waals surface area contributed by atoms with Crippen LogP contribution < -0.4 is 15.6 Å². The lowest BCUT2D eigenvalue weighted by atomic mass is 10.1. The Kier molecular flexibility index (Phi) is 5.71. The van der Waals surface area contributed by atoms with Gasteiger partial charge in [0.2, 0.25) is 5.95 Å². The van der Waals surface area contributed by atoms with Gasteiger partial charge in [0.05, 0.1) is 12.8 Å². The van der Waals surface area contributed by atoms with Crippen LogP contribution in [0, 0.1) is 0 Å². The summed E-state index contributed by atoms with van der Waals surface area (Å²) in [6.07, 6.45) is 3.67. The number of likely N-dealkylation sites (tertiary alicyclic amines) is 1. The van der Waals surface area contributed by atoms with Gasteiger partial charge in [-0.2, -0.15) is 0 Å². The Balaban J connectivity index is 1.63. The van der Waals surface area contributed by atoms with Gasteiger partial charge in [-0.3, -0.25) is 9.78 Å². The van der Waals surface area contributed by atoms with Gasteiger partial charge in [-0.15, -0.1) is 0 Å². The molecule has 2 aromatic rings. The third-order valence-electron chi connectivity index (χ3n) is 4.66. The molecular weight excluding hydrogens is 316 g/mol. The minimum Gasteiger partial charge on any atom is -0.497 e. The molecule has 0 bridgehead atoms. The summed E-state index contributed by atoms with van der Waals surface area (Å²) in [6, 6.07) is 9.94. The maximum Gasteiger partial charge on any atom is 0.252 e. The van der Waals surface area contributed by atoms with Crippen LogP contribution in [0.3, 0.4) is 0 Å². The molecule has 1 fully saturated rings. The lowest BCUT2D eigenvalue weighted by Crippen LogP contribution is -2.37. The van der Waals surface area contributed by atoms with Crippen LogP contribution >= 0.6 is 0 Å². The third kappa shape index (κ3) is 5.06. The number of anilines is 1. The average molecular weight is 342 g/mol. The summed E-state index contributed by atoms with van der Waals surface area (Å²) in [6.45, 7) is 2.13. The van der Waals surface area contributed by atoms with Crippen LogP contribution in [0.5, 0.6) is 5.75 Å². The minimum absolute atomic E-state index is 0.105. The smallest absolute Gasteiger partial charge is 0.252 e. The van der Waals surface area contributed by atoms with Crippen molar-refractivity contribution in [3.05, 3.63) is 51.9 Å². The van der Waals surface area contributed by atoms with E-state index in [0.717, 1.165) is 50.2 Å². The van der Waals surface area contributed by atoms with Crippen molar-refractivity contribution in [2.24, 2.45) is 0 Å². The SMILES string of the molecule is COc1cccc(CCc2cc(=O)[nH]c(NC3CCN(C)CC3)n2)c1. The van der Waals surface area contributed by atoms with E-state index >= 15 is 0 Å². The molecule has 0 spiro atoms. The van der Waals surface area contributed by atoms with Gasteiger partial charge in [0.25, 0.3) is 5.56 Å². The first-order valence-corrected chi connectivity index (χ1v) is 8.80. The van der Waals surface area contributed by atoms with E-state index in [1.165, 1.54) is 5.56 Å². The van der Waals surface area contributed by atoms with Crippen molar-refractivity contribution in [2.45, 2.75) is 31.7 Å². The van der Waals surface area contributed by atoms with Crippen molar-refractivity contribution in [3.63, 3.8) is 0 Å². The van der Waals surface area contributed by atoms with Crippen LogP contribution in [0.15, 0.2) is 35.1 Å². The molecule has 2 N–H and O–H groups in total. The molecule has 25 heavy (non-hydrogen) atoms. The van der Waals surface area contributed by atoms with Crippen molar-refractivity contribution in [1.82, 2.24) is 14.9 Å². The predicted molar refractivity (Wildman–Crippen MR) is 99.4 cm³/mol. The Morgan fingerprint density at radius 1 is 1.28 bits per heavy atom. The topological polar surface area (TPSA) is 70.2 Å². The summed E-state index contributed by atoms with van der Waals surface area (Å²) in [5.74, 6) is 1.43. The summed E-state index contributed by atoms with van der Waals surface area (Å²) in [7, 11) is 3.80. The minimum atomic E-state index is -0.105. The molecule has 6 nitrogen and oxygen atoms in total. The number of aryl methyl sites for hydroxylation is 2. The number of aromatic nitrogens is 2. The van der Waals surface area contributed by atoms with Crippen molar-refractivity contribution in [2.75, 3.05) is 32.6 Å². The van der Waals surface area contributed by atoms with Gasteiger partial charge in [-0.1, -0.05) is 12.1 Å². The number of hydrogen-bond donors (Lipinski definition) is 2. The first kappa shape index (κ1) is 17.5. The fourth-order valence-electron chi connectivity index (χ4n) is 3.15. The molecule has 0 aliphatic carbocycles. The number of nitrogens with zero attached hydrogens (tertiary/aromatic N) is 2. The highest BCUT2D eigenvalue weighted by Crippen LogP contribution is 2.15. The Morgan fingerprint density at radius 3 is 2.84 bits per heavy atom. The molecule has 0 atom stereocenters. The first-order valence-electron chi connectivity index (χ1n) is 8.80. The van der Waals surface area contributed by atoms with E-state index in [2.05, 4.69) is 33.3 Å². The number of rotatable bonds is 6. The monoisotopic (exact) mass is 342 g/mol. The van der Waals surface area contributed by atoms with Gasteiger partial charge >= 0.3 is 0 Å². The lowest BCUT2D eigenvalue weighted by molar-refractivity contribution is 0.263. The number of ether oxygens (including phenoxy) is 1. The number of methoxy groups -OCH3 is 1. The highest BCUT2D eigenvalue weighted by molar-refractivity contribution is 5.30. The number of nitrogens with one attached hydrogen (secondary N) is 2. The van der Waals surface area contributed by atoms with Gasteiger partial charge < -0.3 is 15.0 Å². The molecule has 1 aliphatic rings. The zero-order valence-corrected chi connectivity index (χ0v) is 14.9. The summed E-state index contributed by atoms with van der Waals surface area (Å²) < 4.78 is 5.25. The van der Waals surface area contributed by atoms with Crippen LogP contribution in [0.2, 0.25) is 0 Å². The second-order valence-electron chi connectivity index (χ2n) is 6.66. The summed E-state index contributed by atoms with van der Waals surface area (Å²) in [5.41, 5.74) is 1.87. The standard InChI is InChI=1S/C19H26N4O2/c1-23-10-8-15(9-11-23)20-19-21-16(13-18(24)22-19)7-6-14-4-3-5-17(12-14)25-2/h3-5,12-13,15H,6-11H2,1-2H3,(H2,20,21,22,24). The van der Waals surface area contributed by atoms with Gasteiger partial charge in [0.1, 0.15) is 5.75 Å². The van der Waals surface area contributed by atoms with E-state index in [9.17, 15) is 4.79 Å². The number of aromatic amines is 1. The number of piperidine rings is 1. The highest BCUT2D eigenvalue weighted by Gasteiger charge is 2.17. The molecule has 2 heterocycles. The molecule has 1 aromatic carbocycles. The summed E-state index contributed by atoms with van der Waals surface area (Å²) in [5, 5.41) is 3.39. The molecule has 1 saturated heterocycles. The van der Waals surface area contributed by atoms with Gasteiger partial charge in [-0.05, 0) is 63.5 Å². The van der Waals surface area contributed by atoms with Gasteiger partial charge in [0.15, 0.2) is 0 Å². The van der Waals surface area contributed by atoms with Crippen LogP contribution in [0.4, 0.5) is 5.95 Å². The van der Waals surface area contributed by atoms with Crippen LogP contribution in [-0.4, -0.2) is 48.2 Å². The summed E-state index contributed by atoms with van der Waals surface area (Å²) >= 11 is 0.